The van der Waals surface area contributed by atoms with Crippen LogP contribution in [0, 0.1) is 0 Å². The number of hydrogen-bond donors (Lipinski definition) is 9. The fraction of sp³-hybridized carbons (Fsp3) is 0.943. The lowest BCUT2D eigenvalue weighted by molar-refractivity contribution is -0.359. The lowest BCUT2D eigenvalue weighted by atomic mass is 9.97. The minimum Gasteiger partial charge on any atom is -0.394 e. The fourth-order valence-electron chi connectivity index (χ4n) is 9.23. The number of aliphatic hydroxyl groups excluding tert-OH is 8. The number of rotatable bonds is 43. The first-order valence-corrected chi connectivity index (χ1v) is 27.4. The molecule has 0 aromatic heterocycles. The highest BCUT2D eigenvalue weighted by Gasteiger charge is 2.51. The fourth-order valence-corrected chi connectivity index (χ4v) is 9.23. The molecule has 2 rings (SSSR count). The Morgan fingerprint density at radius 1 is 0.522 bits per heavy atom. The van der Waals surface area contributed by atoms with E-state index in [-0.39, 0.29) is 18.9 Å². The SMILES string of the molecule is CCCCCCCCC/C=C/C(O)C(COC1OC(CO)C(OC2OC(CO)C(O)C(O)C2O)C(O)C1O)NC(=O)CCCCCCCCCCCCCCCCCCCCCCCCCC. The zero-order valence-corrected chi connectivity index (χ0v) is 42.2. The van der Waals surface area contributed by atoms with Gasteiger partial charge in [-0.1, -0.05) is 212 Å². The van der Waals surface area contributed by atoms with Crippen LogP contribution in [0.2, 0.25) is 0 Å². The van der Waals surface area contributed by atoms with Crippen molar-refractivity contribution < 1.29 is 64.6 Å². The smallest absolute Gasteiger partial charge is 0.220 e. The third-order valence-electron chi connectivity index (χ3n) is 13.7. The van der Waals surface area contributed by atoms with Gasteiger partial charge in [0, 0.05) is 6.42 Å². The lowest BCUT2D eigenvalue weighted by Gasteiger charge is -2.46. The van der Waals surface area contributed by atoms with Crippen LogP contribution in [-0.4, -0.2) is 140 Å². The molecule has 0 saturated carbocycles. The second kappa shape index (κ2) is 40.3. The number of ether oxygens (including phenoxy) is 4. The molecule has 2 aliphatic heterocycles. The molecular weight excluding hydrogens is 859 g/mol. The minimum atomic E-state index is -1.78. The Morgan fingerprint density at radius 2 is 0.925 bits per heavy atom. The Balaban J connectivity index is 1.70. The number of amides is 1. The summed E-state index contributed by atoms with van der Waals surface area (Å²) >= 11 is 0. The summed E-state index contributed by atoms with van der Waals surface area (Å²) in [5, 5.41) is 86.6. The largest absolute Gasteiger partial charge is 0.394 e. The van der Waals surface area contributed by atoms with Gasteiger partial charge in [-0.15, -0.1) is 0 Å². The number of hydrogen-bond acceptors (Lipinski definition) is 13. The van der Waals surface area contributed by atoms with Crippen molar-refractivity contribution in [3.63, 3.8) is 0 Å². The summed E-state index contributed by atoms with van der Waals surface area (Å²) in [5.74, 6) is -0.238. The molecule has 396 valence electrons. The molecule has 2 aliphatic rings. The van der Waals surface area contributed by atoms with Crippen LogP contribution in [0.3, 0.4) is 0 Å². The van der Waals surface area contributed by atoms with E-state index in [1.54, 1.807) is 6.08 Å². The van der Waals surface area contributed by atoms with Gasteiger partial charge in [-0.2, -0.15) is 0 Å². The van der Waals surface area contributed by atoms with Gasteiger partial charge in [0.1, 0.15) is 48.8 Å². The van der Waals surface area contributed by atoms with Gasteiger partial charge in [-0.3, -0.25) is 4.79 Å². The zero-order chi connectivity index (χ0) is 48.9. The van der Waals surface area contributed by atoms with E-state index < -0.39 is 86.8 Å². The molecule has 0 bridgehead atoms. The van der Waals surface area contributed by atoms with Gasteiger partial charge in [0.25, 0.3) is 0 Å². The Kier molecular flexibility index (Phi) is 37.2. The second-order valence-corrected chi connectivity index (χ2v) is 19.7. The zero-order valence-electron chi connectivity index (χ0n) is 42.2. The molecular formula is C53H101NO13. The van der Waals surface area contributed by atoms with Gasteiger partial charge in [0.2, 0.25) is 5.91 Å². The predicted molar refractivity (Wildman–Crippen MR) is 263 cm³/mol. The predicted octanol–water partition coefficient (Wildman–Crippen LogP) is 7.94. The summed E-state index contributed by atoms with van der Waals surface area (Å²) in [6, 6.07) is -0.907. The highest BCUT2D eigenvalue weighted by Crippen LogP contribution is 2.30. The van der Waals surface area contributed by atoms with E-state index in [0.717, 1.165) is 38.5 Å². The average molecular weight is 960 g/mol. The Bertz CT molecular complexity index is 1180. The first kappa shape index (κ1) is 61.8. The van der Waals surface area contributed by atoms with Gasteiger partial charge in [0.05, 0.1) is 32.0 Å². The van der Waals surface area contributed by atoms with E-state index in [0.29, 0.717) is 6.42 Å². The highest BCUT2D eigenvalue weighted by atomic mass is 16.7. The monoisotopic (exact) mass is 960 g/mol. The summed E-state index contributed by atoms with van der Waals surface area (Å²) in [6.07, 6.45) is 27.1. The average Bonchev–Trinajstić information content (AvgIpc) is 3.32. The van der Waals surface area contributed by atoms with Crippen molar-refractivity contribution in [2.45, 2.75) is 299 Å². The van der Waals surface area contributed by atoms with E-state index >= 15 is 0 Å². The third-order valence-corrected chi connectivity index (χ3v) is 13.7. The summed E-state index contributed by atoms with van der Waals surface area (Å²) in [6.45, 7) is 2.77. The van der Waals surface area contributed by atoms with Crippen LogP contribution in [0.5, 0.6) is 0 Å². The van der Waals surface area contributed by atoms with Crippen LogP contribution < -0.4 is 5.32 Å². The first-order valence-electron chi connectivity index (χ1n) is 27.4. The number of allylic oxidation sites excluding steroid dienone is 1. The molecule has 9 N–H and O–H groups in total. The van der Waals surface area contributed by atoms with Crippen LogP contribution in [0.15, 0.2) is 12.2 Å². The van der Waals surface area contributed by atoms with Gasteiger partial charge in [0.15, 0.2) is 12.6 Å². The molecule has 0 radical (unpaired) electrons. The molecule has 0 aromatic rings. The van der Waals surface area contributed by atoms with E-state index in [4.69, 9.17) is 18.9 Å². The van der Waals surface area contributed by atoms with Crippen molar-refractivity contribution in [1.82, 2.24) is 5.32 Å². The van der Waals surface area contributed by atoms with Gasteiger partial charge >= 0.3 is 0 Å². The molecule has 1 amide bonds. The van der Waals surface area contributed by atoms with Crippen LogP contribution in [0.25, 0.3) is 0 Å². The number of carbonyl (C=O) groups excluding carboxylic acids is 1. The maximum Gasteiger partial charge on any atom is 0.220 e. The van der Waals surface area contributed by atoms with Crippen LogP contribution in [-0.2, 0) is 23.7 Å². The maximum absolute atomic E-state index is 13.2. The van der Waals surface area contributed by atoms with Gasteiger partial charge in [-0.05, 0) is 19.3 Å². The summed E-state index contributed by atoms with van der Waals surface area (Å²) in [5.41, 5.74) is 0. The number of unbranched alkanes of at least 4 members (excludes halogenated alkanes) is 30. The van der Waals surface area contributed by atoms with Crippen LogP contribution in [0.1, 0.15) is 226 Å². The summed E-state index contributed by atoms with van der Waals surface area (Å²) in [4.78, 5) is 13.2. The molecule has 2 heterocycles. The van der Waals surface area contributed by atoms with Gasteiger partial charge in [-0.25, -0.2) is 0 Å². The van der Waals surface area contributed by atoms with Crippen molar-refractivity contribution >= 4 is 5.91 Å². The Labute approximate surface area is 406 Å². The first-order chi connectivity index (χ1) is 32.6. The maximum atomic E-state index is 13.2. The molecule has 0 spiro atoms. The molecule has 67 heavy (non-hydrogen) atoms. The molecule has 14 nitrogen and oxygen atoms in total. The number of aliphatic hydroxyl groups is 8. The minimum absolute atomic E-state index is 0.238. The van der Waals surface area contributed by atoms with Crippen molar-refractivity contribution in [2.24, 2.45) is 0 Å². The molecule has 14 heteroatoms. The quantitative estimate of drug-likeness (QED) is 0.0209. The van der Waals surface area contributed by atoms with Crippen LogP contribution >= 0.6 is 0 Å². The van der Waals surface area contributed by atoms with Crippen molar-refractivity contribution in [3.05, 3.63) is 12.2 Å². The van der Waals surface area contributed by atoms with E-state index in [9.17, 15) is 45.6 Å². The molecule has 2 fully saturated rings. The van der Waals surface area contributed by atoms with E-state index in [1.165, 1.54) is 161 Å². The number of carbonyl (C=O) groups is 1. The molecule has 12 atom stereocenters. The standard InChI is InChI=1S/C53H101NO13/c1-3-5-7-9-11-13-14-15-16-17-18-19-20-21-22-23-24-25-26-27-29-31-33-35-37-45(58)54-41(42(57)36-34-32-30-28-12-10-8-6-4-2)40-64-52-50(63)48(61)51(44(39-56)66-52)67-53-49(62)47(60)46(59)43(38-55)65-53/h34,36,41-44,46-53,55-57,59-63H,3-33,35,37-40H2,1-2H3,(H,54,58)/b36-34+. The molecule has 0 aromatic carbocycles. The van der Waals surface area contributed by atoms with E-state index in [1.807, 2.05) is 6.08 Å². The van der Waals surface area contributed by atoms with Crippen LogP contribution in [0.4, 0.5) is 0 Å². The molecule has 12 unspecified atom stereocenters. The Morgan fingerprint density at radius 3 is 1.37 bits per heavy atom. The van der Waals surface area contributed by atoms with Crippen molar-refractivity contribution in [1.29, 1.82) is 0 Å². The third kappa shape index (κ3) is 27.2. The summed E-state index contributed by atoms with van der Waals surface area (Å²) in [7, 11) is 0. The highest BCUT2D eigenvalue weighted by molar-refractivity contribution is 5.76. The lowest BCUT2D eigenvalue weighted by Crippen LogP contribution is -2.65. The second-order valence-electron chi connectivity index (χ2n) is 19.7. The van der Waals surface area contributed by atoms with Crippen molar-refractivity contribution in [3.8, 4) is 0 Å². The van der Waals surface area contributed by atoms with Gasteiger partial charge < -0.3 is 65.1 Å². The topological polar surface area (TPSA) is 228 Å². The molecule has 0 aliphatic carbocycles. The van der Waals surface area contributed by atoms with Crippen molar-refractivity contribution in [2.75, 3.05) is 19.8 Å². The summed E-state index contributed by atoms with van der Waals surface area (Å²) < 4.78 is 22.7. The van der Waals surface area contributed by atoms with E-state index in [2.05, 4.69) is 19.2 Å². The molecule has 2 saturated heterocycles. The normalized spacial score (nSPS) is 26.6. The Hall–Kier alpha value is -1.27. The number of nitrogens with one attached hydrogen (secondary N) is 1.